The van der Waals surface area contributed by atoms with Gasteiger partial charge in [0.05, 0.1) is 5.39 Å². The van der Waals surface area contributed by atoms with Crippen LogP contribution in [-0.2, 0) is 4.79 Å². The maximum absolute atomic E-state index is 12.1. The van der Waals surface area contributed by atoms with Gasteiger partial charge in [-0.05, 0) is 19.4 Å². The highest BCUT2D eigenvalue weighted by Crippen LogP contribution is 2.37. The number of carbonyl (C=O) groups is 1. The number of carbonyl (C=O) groups excluding carboxylic acids is 1. The lowest BCUT2D eigenvalue weighted by Gasteiger charge is -2.07. The minimum absolute atomic E-state index is 0.193. The van der Waals surface area contributed by atoms with Crippen LogP contribution in [0.25, 0.3) is 21.3 Å². The molecule has 27 heavy (non-hydrogen) atoms. The van der Waals surface area contributed by atoms with Crippen molar-refractivity contribution in [2.45, 2.75) is 13.8 Å². The van der Waals surface area contributed by atoms with Crippen molar-refractivity contribution >= 4 is 33.3 Å². The van der Waals surface area contributed by atoms with Crippen molar-refractivity contribution in [2.75, 3.05) is 11.9 Å². The van der Waals surface area contributed by atoms with Crippen LogP contribution in [-0.4, -0.2) is 27.6 Å². The number of nitrogens with zero attached hydrogens (tertiary/aromatic N) is 3. The zero-order valence-corrected chi connectivity index (χ0v) is 15.5. The van der Waals surface area contributed by atoms with E-state index in [-0.39, 0.29) is 12.5 Å². The van der Waals surface area contributed by atoms with E-state index in [2.05, 4.69) is 32.6 Å². The molecule has 1 N–H and O–H groups in total. The first-order valence-corrected chi connectivity index (χ1v) is 9.13. The molecule has 8 heteroatoms. The number of nitrogens with one attached hydrogen (secondary N) is 1. The number of thiophene rings is 1. The van der Waals surface area contributed by atoms with Gasteiger partial charge in [-0.15, -0.1) is 11.3 Å². The molecule has 136 valence electrons. The quantitative estimate of drug-likeness (QED) is 0.563. The molecule has 0 spiro atoms. The molecule has 0 saturated heterocycles. The fraction of sp³-hybridized carbons (Fsp3) is 0.158. The Balaban J connectivity index is 1.57. The Kier molecular flexibility index (Phi) is 4.55. The van der Waals surface area contributed by atoms with E-state index in [0.29, 0.717) is 17.5 Å². The fourth-order valence-electron chi connectivity index (χ4n) is 2.64. The number of fused-ring (bicyclic) bond motifs is 1. The molecule has 0 atom stereocenters. The highest BCUT2D eigenvalue weighted by Gasteiger charge is 2.15. The highest BCUT2D eigenvalue weighted by atomic mass is 32.1. The Morgan fingerprint density at radius 1 is 1.22 bits per heavy atom. The zero-order chi connectivity index (χ0) is 18.8. The smallest absolute Gasteiger partial charge is 0.263 e. The fourth-order valence-corrected chi connectivity index (χ4v) is 3.55. The van der Waals surface area contributed by atoms with Gasteiger partial charge in [-0.1, -0.05) is 35.0 Å². The summed E-state index contributed by atoms with van der Waals surface area (Å²) in [6, 6.07) is 9.84. The number of aryl methyl sites for hydroxylation is 2. The maximum atomic E-state index is 12.1. The first kappa shape index (κ1) is 17.2. The van der Waals surface area contributed by atoms with Gasteiger partial charge in [-0.2, -0.15) is 0 Å². The number of anilines is 1. The Morgan fingerprint density at radius 2 is 2.04 bits per heavy atom. The molecular weight excluding hydrogens is 364 g/mol. The average molecular weight is 380 g/mol. The molecule has 3 heterocycles. The Hall–Kier alpha value is -3.26. The molecular formula is C19H16N4O3S. The van der Waals surface area contributed by atoms with E-state index in [9.17, 15) is 4.79 Å². The van der Waals surface area contributed by atoms with Crippen LogP contribution in [0.5, 0.6) is 5.88 Å². The number of hydrogen-bond acceptors (Lipinski definition) is 7. The van der Waals surface area contributed by atoms with Gasteiger partial charge >= 0.3 is 0 Å². The summed E-state index contributed by atoms with van der Waals surface area (Å²) in [7, 11) is 0. The molecule has 0 fully saturated rings. The van der Waals surface area contributed by atoms with E-state index in [0.717, 1.165) is 21.3 Å². The number of amides is 1. The Labute approximate surface area is 159 Å². The van der Waals surface area contributed by atoms with Crippen molar-refractivity contribution in [1.82, 2.24) is 15.1 Å². The zero-order valence-electron chi connectivity index (χ0n) is 14.7. The Bertz CT molecular complexity index is 1100. The highest BCUT2D eigenvalue weighted by molar-refractivity contribution is 7.17. The molecule has 7 nitrogen and oxygen atoms in total. The van der Waals surface area contributed by atoms with E-state index >= 15 is 0 Å². The van der Waals surface area contributed by atoms with Crippen LogP contribution in [0.3, 0.4) is 0 Å². The average Bonchev–Trinajstić information content (AvgIpc) is 3.27. The third-order valence-corrected chi connectivity index (χ3v) is 4.82. The van der Waals surface area contributed by atoms with Gasteiger partial charge in [0.15, 0.2) is 12.4 Å². The second kappa shape index (κ2) is 7.16. The van der Waals surface area contributed by atoms with Crippen LogP contribution in [0.2, 0.25) is 0 Å². The number of aromatic nitrogens is 3. The summed E-state index contributed by atoms with van der Waals surface area (Å²) in [5.74, 6) is 1.00. The molecule has 0 aliphatic heterocycles. The minimum Gasteiger partial charge on any atom is -0.467 e. The molecule has 3 aromatic heterocycles. The number of ether oxygens (including phenoxy) is 1. The van der Waals surface area contributed by atoms with Gasteiger partial charge in [0.1, 0.15) is 16.9 Å². The summed E-state index contributed by atoms with van der Waals surface area (Å²) in [6.45, 7) is 3.60. The van der Waals surface area contributed by atoms with Gasteiger partial charge < -0.3 is 14.6 Å². The minimum atomic E-state index is -0.345. The van der Waals surface area contributed by atoms with Crippen molar-refractivity contribution in [3.05, 3.63) is 53.4 Å². The Morgan fingerprint density at radius 3 is 2.78 bits per heavy atom. The van der Waals surface area contributed by atoms with Crippen LogP contribution in [0, 0.1) is 13.8 Å². The van der Waals surface area contributed by atoms with Crippen molar-refractivity contribution in [3.63, 3.8) is 0 Å². The lowest BCUT2D eigenvalue weighted by Crippen LogP contribution is -2.20. The predicted octanol–water partition coefficient (Wildman–Crippen LogP) is 3.98. The molecule has 4 rings (SSSR count). The monoisotopic (exact) mass is 380 g/mol. The molecule has 0 saturated carbocycles. The van der Waals surface area contributed by atoms with Crippen LogP contribution in [0.15, 0.2) is 46.6 Å². The third kappa shape index (κ3) is 3.65. The lowest BCUT2D eigenvalue weighted by atomic mass is 10.0. The summed E-state index contributed by atoms with van der Waals surface area (Å²) in [5.41, 5.74) is 3.22. The van der Waals surface area contributed by atoms with Gasteiger partial charge in [0.2, 0.25) is 5.88 Å². The summed E-state index contributed by atoms with van der Waals surface area (Å²) in [6.07, 6.45) is 1.44. The number of benzene rings is 1. The first-order chi connectivity index (χ1) is 13.1. The van der Waals surface area contributed by atoms with E-state index in [1.165, 1.54) is 23.2 Å². The van der Waals surface area contributed by atoms with Crippen LogP contribution < -0.4 is 10.1 Å². The van der Waals surface area contributed by atoms with Crippen molar-refractivity contribution in [1.29, 1.82) is 0 Å². The standard InChI is InChI=1S/C19H16N4O3S/c1-11-3-5-13(6-4-11)14-9-27-19-17(14)18(20-10-21-19)25-8-16(24)22-15-7-12(2)26-23-15/h3-7,9-10H,8H2,1-2H3,(H,22,23,24). The van der Waals surface area contributed by atoms with Crippen molar-refractivity contribution in [3.8, 4) is 17.0 Å². The van der Waals surface area contributed by atoms with Crippen LogP contribution >= 0.6 is 11.3 Å². The van der Waals surface area contributed by atoms with Gasteiger partial charge in [-0.3, -0.25) is 4.79 Å². The lowest BCUT2D eigenvalue weighted by molar-refractivity contribution is -0.118. The molecule has 0 bridgehead atoms. The van der Waals surface area contributed by atoms with Gasteiger partial charge in [-0.25, -0.2) is 9.97 Å². The third-order valence-electron chi connectivity index (χ3n) is 3.93. The topological polar surface area (TPSA) is 90.1 Å². The maximum Gasteiger partial charge on any atom is 0.263 e. The molecule has 4 aromatic rings. The molecule has 0 radical (unpaired) electrons. The molecule has 0 unspecified atom stereocenters. The SMILES string of the molecule is Cc1ccc(-c2csc3ncnc(OCC(=O)Nc4cc(C)on4)c23)cc1. The van der Waals surface area contributed by atoms with Crippen molar-refractivity contribution < 1.29 is 14.1 Å². The second-order valence-corrected chi connectivity index (χ2v) is 6.89. The van der Waals surface area contributed by atoms with Gasteiger partial charge in [0.25, 0.3) is 5.91 Å². The molecule has 0 aliphatic rings. The van der Waals surface area contributed by atoms with Crippen LogP contribution in [0.1, 0.15) is 11.3 Å². The second-order valence-electron chi connectivity index (χ2n) is 6.03. The van der Waals surface area contributed by atoms with E-state index in [4.69, 9.17) is 9.26 Å². The predicted molar refractivity (Wildman–Crippen MR) is 103 cm³/mol. The van der Waals surface area contributed by atoms with Gasteiger partial charge in [0, 0.05) is 17.0 Å². The molecule has 0 aliphatic carbocycles. The van der Waals surface area contributed by atoms with Crippen LogP contribution in [0.4, 0.5) is 5.82 Å². The summed E-state index contributed by atoms with van der Waals surface area (Å²) in [5, 5.41) is 9.17. The number of rotatable bonds is 5. The summed E-state index contributed by atoms with van der Waals surface area (Å²) >= 11 is 1.51. The van der Waals surface area contributed by atoms with E-state index in [1.807, 2.05) is 24.4 Å². The summed E-state index contributed by atoms with van der Waals surface area (Å²) < 4.78 is 10.6. The largest absolute Gasteiger partial charge is 0.467 e. The normalized spacial score (nSPS) is 10.9. The van der Waals surface area contributed by atoms with Crippen molar-refractivity contribution in [2.24, 2.45) is 0 Å². The summed E-state index contributed by atoms with van der Waals surface area (Å²) in [4.78, 5) is 21.4. The number of hydrogen-bond donors (Lipinski definition) is 1. The molecule has 1 amide bonds. The first-order valence-electron chi connectivity index (χ1n) is 8.25. The molecule has 1 aromatic carbocycles. The van der Waals surface area contributed by atoms with E-state index in [1.54, 1.807) is 13.0 Å². The van der Waals surface area contributed by atoms with E-state index < -0.39 is 0 Å².